The van der Waals surface area contributed by atoms with E-state index in [0.717, 1.165) is 0 Å². The third-order valence-electron chi connectivity index (χ3n) is 4.48. The summed E-state index contributed by atoms with van der Waals surface area (Å²) < 4.78 is 0. The van der Waals surface area contributed by atoms with Gasteiger partial charge < -0.3 is 26.8 Å². The lowest BCUT2D eigenvalue weighted by Gasteiger charge is -2.25. The van der Waals surface area contributed by atoms with Crippen LogP contribution in [0.25, 0.3) is 0 Å². The molecule has 174 valence electrons. The minimum atomic E-state index is -1.13. The molecule has 0 spiro atoms. The van der Waals surface area contributed by atoms with Crippen molar-refractivity contribution in [1.82, 2.24) is 16.0 Å². The monoisotopic (exact) mass is 428 g/mol. The molecule has 0 aliphatic rings. The second-order valence-electron chi connectivity index (χ2n) is 9.19. The molecule has 3 amide bonds. The van der Waals surface area contributed by atoms with Gasteiger partial charge in [0.1, 0.15) is 18.1 Å². The van der Waals surface area contributed by atoms with Gasteiger partial charge in [-0.15, -0.1) is 0 Å². The molecule has 0 aliphatic carbocycles. The maximum absolute atomic E-state index is 12.7. The quantitative estimate of drug-likeness (QED) is 0.295. The van der Waals surface area contributed by atoms with Crippen molar-refractivity contribution in [3.63, 3.8) is 0 Å². The van der Waals surface area contributed by atoms with Crippen LogP contribution >= 0.6 is 0 Å². The predicted molar refractivity (Wildman–Crippen MR) is 115 cm³/mol. The molecular formula is C21H40N4O5. The van der Waals surface area contributed by atoms with Gasteiger partial charge >= 0.3 is 5.97 Å². The largest absolute Gasteiger partial charge is 0.480 e. The van der Waals surface area contributed by atoms with Gasteiger partial charge in [0, 0.05) is 0 Å². The molecule has 0 heterocycles. The molecule has 0 radical (unpaired) electrons. The lowest BCUT2D eigenvalue weighted by atomic mass is 10.0. The summed E-state index contributed by atoms with van der Waals surface area (Å²) >= 11 is 0. The number of carboxylic acid groups (broad SMARTS) is 1. The summed E-state index contributed by atoms with van der Waals surface area (Å²) in [6.45, 7) is 12.9. The molecule has 9 heteroatoms. The Hall–Kier alpha value is -2.16. The van der Waals surface area contributed by atoms with Crippen LogP contribution in [0, 0.1) is 17.8 Å². The van der Waals surface area contributed by atoms with Crippen LogP contribution in [0.3, 0.4) is 0 Å². The van der Waals surface area contributed by atoms with E-state index in [-0.39, 0.29) is 24.2 Å². The first-order chi connectivity index (χ1) is 13.7. The molecule has 6 N–H and O–H groups in total. The highest BCUT2D eigenvalue weighted by molar-refractivity contribution is 5.93. The van der Waals surface area contributed by atoms with E-state index in [9.17, 15) is 24.3 Å². The van der Waals surface area contributed by atoms with Crippen LogP contribution in [-0.2, 0) is 19.2 Å². The summed E-state index contributed by atoms with van der Waals surface area (Å²) in [7, 11) is 0. The molecule has 0 fully saturated rings. The first-order valence-corrected chi connectivity index (χ1v) is 10.6. The average Bonchev–Trinajstić information content (AvgIpc) is 2.58. The van der Waals surface area contributed by atoms with Crippen LogP contribution in [-0.4, -0.2) is 53.0 Å². The number of carboxylic acids is 1. The summed E-state index contributed by atoms with van der Waals surface area (Å²) in [5, 5.41) is 17.0. The van der Waals surface area contributed by atoms with Crippen molar-refractivity contribution in [2.24, 2.45) is 23.5 Å². The Labute approximate surface area is 179 Å². The predicted octanol–water partition coefficient (Wildman–Crippen LogP) is 1.01. The molecule has 0 bridgehead atoms. The highest BCUT2D eigenvalue weighted by Crippen LogP contribution is 2.09. The van der Waals surface area contributed by atoms with Crippen molar-refractivity contribution in [3.8, 4) is 0 Å². The standard InChI is InChI=1S/C21H40N4O5/c1-11(2)8-15(22)19(27)24-16(9-12(3)4)20(28)23-14(7)18(26)25-17(21(29)30)10-13(5)6/h11-17H,8-10,22H2,1-7H3,(H,23,28)(H,24,27)(H,25,26)(H,29,30)/t14-,15-,16-,17-/m0/s1. The summed E-state index contributed by atoms with van der Waals surface area (Å²) in [6, 6.07) is -3.54. The van der Waals surface area contributed by atoms with Crippen LogP contribution in [0.1, 0.15) is 67.7 Å². The Morgan fingerprint density at radius 3 is 1.53 bits per heavy atom. The highest BCUT2D eigenvalue weighted by Gasteiger charge is 2.29. The molecule has 4 atom stereocenters. The lowest BCUT2D eigenvalue weighted by molar-refractivity contribution is -0.142. The second-order valence-corrected chi connectivity index (χ2v) is 9.19. The van der Waals surface area contributed by atoms with E-state index >= 15 is 0 Å². The third-order valence-corrected chi connectivity index (χ3v) is 4.48. The van der Waals surface area contributed by atoms with Gasteiger partial charge in [-0.25, -0.2) is 4.79 Å². The van der Waals surface area contributed by atoms with E-state index < -0.39 is 47.9 Å². The summed E-state index contributed by atoms with van der Waals surface area (Å²) in [5.74, 6) is -2.20. The fourth-order valence-electron chi connectivity index (χ4n) is 2.97. The molecule has 0 saturated heterocycles. The van der Waals surface area contributed by atoms with Crippen molar-refractivity contribution in [2.45, 2.75) is 91.9 Å². The first-order valence-electron chi connectivity index (χ1n) is 10.6. The van der Waals surface area contributed by atoms with E-state index in [1.54, 1.807) is 0 Å². The molecule has 0 rings (SSSR count). The number of nitrogens with one attached hydrogen (secondary N) is 3. The number of carbonyl (C=O) groups excluding carboxylic acids is 3. The van der Waals surface area contributed by atoms with Crippen LogP contribution in [0.5, 0.6) is 0 Å². The van der Waals surface area contributed by atoms with Gasteiger partial charge in [0.25, 0.3) is 0 Å². The van der Waals surface area contributed by atoms with Crippen LogP contribution in [0.4, 0.5) is 0 Å². The molecule has 30 heavy (non-hydrogen) atoms. The molecule has 0 aliphatic heterocycles. The van der Waals surface area contributed by atoms with Crippen molar-refractivity contribution >= 4 is 23.7 Å². The molecule has 0 unspecified atom stereocenters. The van der Waals surface area contributed by atoms with Crippen molar-refractivity contribution < 1.29 is 24.3 Å². The SMILES string of the molecule is CC(C)C[C@H](NC(=O)[C@H](C)NC(=O)[C@H](CC(C)C)NC(=O)[C@@H](N)CC(C)C)C(=O)O. The molecule has 0 saturated carbocycles. The van der Waals surface area contributed by atoms with Gasteiger partial charge in [-0.1, -0.05) is 41.5 Å². The zero-order valence-corrected chi connectivity index (χ0v) is 19.3. The topological polar surface area (TPSA) is 151 Å². The summed E-state index contributed by atoms with van der Waals surface area (Å²) in [5.41, 5.74) is 5.91. The van der Waals surface area contributed by atoms with Crippen molar-refractivity contribution in [2.75, 3.05) is 0 Å². The van der Waals surface area contributed by atoms with Gasteiger partial charge in [-0.2, -0.15) is 0 Å². The number of hydrogen-bond acceptors (Lipinski definition) is 5. The maximum atomic E-state index is 12.7. The number of aliphatic carboxylic acids is 1. The maximum Gasteiger partial charge on any atom is 0.326 e. The Bertz CT molecular complexity index is 592. The van der Waals surface area contributed by atoms with Gasteiger partial charge in [0.15, 0.2) is 0 Å². The van der Waals surface area contributed by atoms with E-state index in [0.29, 0.717) is 12.8 Å². The normalized spacial score (nSPS) is 15.4. The van der Waals surface area contributed by atoms with E-state index in [1.165, 1.54) is 6.92 Å². The van der Waals surface area contributed by atoms with Gasteiger partial charge in [0.05, 0.1) is 6.04 Å². The Balaban J connectivity index is 5.06. The average molecular weight is 429 g/mol. The second kappa shape index (κ2) is 13.2. The van der Waals surface area contributed by atoms with Gasteiger partial charge in [0.2, 0.25) is 17.7 Å². The van der Waals surface area contributed by atoms with Crippen molar-refractivity contribution in [3.05, 3.63) is 0 Å². The third kappa shape index (κ3) is 11.1. The van der Waals surface area contributed by atoms with Crippen LogP contribution in [0.2, 0.25) is 0 Å². The highest BCUT2D eigenvalue weighted by atomic mass is 16.4. The fourth-order valence-corrected chi connectivity index (χ4v) is 2.97. The Kier molecular flexibility index (Phi) is 12.3. The molecule has 0 aromatic rings. The number of hydrogen-bond donors (Lipinski definition) is 5. The number of nitrogens with two attached hydrogens (primary N) is 1. The molecule has 0 aromatic heterocycles. The Morgan fingerprint density at radius 2 is 1.10 bits per heavy atom. The van der Waals surface area contributed by atoms with Gasteiger partial charge in [-0.3, -0.25) is 14.4 Å². The lowest BCUT2D eigenvalue weighted by Crippen LogP contribution is -2.56. The van der Waals surface area contributed by atoms with E-state index in [4.69, 9.17) is 5.73 Å². The smallest absolute Gasteiger partial charge is 0.326 e. The minimum Gasteiger partial charge on any atom is -0.480 e. The van der Waals surface area contributed by atoms with Crippen LogP contribution in [0.15, 0.2) is 0 Å². The van der Waals surface area contributed by atoms with Gasteiger partial charge in [-0.05, 0) is 43.9 Å². The Morgan fingerprint density at radius 1 is 0.667 bits per heavy atom. The van der Waals surface area contributed by atoms with E-state index in [1.807, 2.05) is 41.5 Å². The first kappa shape index (κ1) is 27.8. The van der Waals surface area contributed by atoms with Crippen LogP contribution < -0.4 is 21.7 Å². The van der Waals surface area contributed by atoms with Crippen molar-refractivity contribution in [1.29, 1.82) is 0 Å². The number of amides is 3. The van der Waals surface area contributed by atoms with E-state index in [2.05, 4.69) is 16.0 Å². The fraction of sp³-hybridized carbons (Fsp3) is 0.810. The molecule has 0 aromatic carbocycles. The number of carbonyl (C=O) groups is 4. The summed E-state index contributed by atoms with van der Waals surface area (Å²) in [4.78, 5) is 48.8. The molecule has 9 nitrogen and oxygen atoms in total. The molecular weight excluding hydrogens is 388 g/mol. The zero-order valence-electron chi connectivity index (χ0n) is 19.3. The zero-order chi connectivity index (χ0) is 23.6. The summed E-state index contributed by atoms with van der Waals surface area (Å²) in [6.07, 6.45) is 1.15. The minimum absolute atomic E-state index is 0.0805. The number of rotatable bonds is 13.